The van der Waals surface area contributed by atoms with Gasteiger partial charge in [-0.25, -0.2) is 0 Å². The number of hydrogen-bond acceptors (Lipinski definition) is 3. The molecule has 0 aliphatic carbocycles. The number of nitrogens with zero attached hydrogens (tertiary/aromatic N) is 2. The van der Waals surface area contributed by atoms with Gasteiger partial charge < -0.3 is 10.1 Å². The Balaban J connectivity index is 2.34. The van der Waals surface area contributed by atoms with Gasteiger partial charge in [-0.15, -0.1) is 5.16 Å². The van der Waals surface area contributed by atoms with Crippen LogP contribution in [0.3, 0.4) is 0 Å². The Kier molecular flexibility index (Phi) is 3.08. The molecular weight excluding hydrogens is 154 g/mol. The summed E-state index contributed by atoms with van der Waals surface area (Å²) in [6.45, 7) is 5.25. The number of likely N-dealkylation sites (tertiary alicyclic amines) is 1. The second kappa shape index (κ2) is 4.09. The van der Waals surface area contributed by atoms with Crippen molar-refractivity contribution < 1.29 is 5.21 Å². The summed E-state index contributed by atoms with van der Waals surface area (Å²) in [6.07, 6.45) is 3.47. The lowest BCUT2D eigenvalue weighted by Gasteiger charge is -2.30. The third-order valence-corrected chi connectivity index (χ3v) is 2.20. The molecule has 67 valence electrons. The maximum Gasteiger partial charge on any atom is 0.0962 e. The molecule has 0 saturated carbocycles. The summed E-state index contributed by atoms with van der Waals surface area (Å²) >= 11 is 0. The van der Waals surface area contributed by atoms with Crippen LogP contribution in [0.4, 0.5) is 0 Å². The van der Waals surface area contributed by atoms with E-state index >= 15 is 0 Å². The van der Waals surface area contributed by atoms with Gasteiger partial charge in [-0.1, -0.05) is 0 Å². The number of amidine groups is 1. The van der Waals surface area contributed by atoms with Crippen molar-refractivity contribution in [3.63, 3.8) is 0 Å². The average Bonchev–Trinajstić information content (AvgIpc) is 2.06. The molecule has 0 aromatic heterocycles. The van der Waals surface area contributed by atoms with E-state index in [-0.39, 0.29) is 0 Å². The first-order valence-electron chi connectivity index (χ1n) is 4.07. The minimum Gasteiger partial charge on any atom is -0.411 e. The lowest BCUT2D eigenvalue weighted by atomic mass is 9.98. The standard InChI is InChI=1S/C8H14N3O/c1-7(9)11-4-2-8(3-5-11)6-10-12/h6,8-9,12H,1-5H2/b9-7?,10-6-. The Bertz CT molecular complexity index is 183. The van der Waals surface area contributed by atoms with Crippen LogP contribution in [0.1, 0.15) is 12.8 Å². The van der Waals surface area contributed by atoms with Crippen molar-refractivity contribution in [3.05, 3.63) is 6.92 Å². The molecule has 1 aliphatic heterocycles. The molecule has 12 heavy (non-hydrogen) atoms. The zero-order valence-corrected chi connectivity index (χ0v) is 7.03. The van der Waals surface area contributed by atoms with Gasteiger partial charge in [0.15, 0.2) is 0 Å². The number of nitrogens with one attached hydrogen (secondary N) is 1. The molecule has 1 saturated heterocycles. The highest BCUT2D eigenvalue weighted by atomic mass is 16.4. The van der Waals surface area contributed by atoms with Crippen molar-refractivity contribution in [3.8, 4) is 0 Å². The van der Waals surface area contributed by atoms with E-state index in [9.17, 15) is 0 Å². The van der Waals surface area contributed by atoms with Crippen molar-refractivity contribution in [1.82, 2.24) is 4.90 Å². The van der Waals surface area contributed by atoms with Crippen molar-refractivity contribution in [2.45, 2.75) is 12.8 Å². The lowest BCUT2D eigenvalue weighted by molar-refractivity contribution is 0.293. The van der Waals surface area contributed by atoms with E-state index in [2.05, 4.69) is 12.1 Å². The summed E-state index contributed by atoms with van der Waals surface area (Å²) < 4.78 is 0. The molecule has 0 spiro atoms. The van der Waals surface area contributed by atoms with Crippen molar-refractivity contribution in [2.75, 3.05) is 13.1 Å². The summed E-state index contributed by atoms with van der Waals surface area (Å²) in [5, 5.41) is 18.6. The number of rotatable bonds is 1. The van der Waals surface area contributed by atoms with E-state index in [1.165, 1.54) is 0 Å². The Hall–Kier alpha value is -1.06. The highest BCUT2D eigenvalue weighted by molar-refractivity contribution is 5.83. The monoisotopic (exact) mass is 168 g/mol. The second-order valence-corrected chi connectivity index (χ2v) is 3.04. The third-order valence-electron chi connectivity index (χ3n) is 2.20. The van der Waals surface area contributed by atoms with Crippen molar-refractivity contribution >= 4 is 12.1 Å². The SMILES string of the molecule is [CH2]C(=N)N1CCC(/C=N\O)CC1. The van der Waals surface area contributed by atoms with E-state index in [4.69, 9.17) is 10.6 Å². The van der Waals surface area contributed by atoms with Gasteiger partial charge in [0.25, 0.3) is 0 Å². The molecular formula is C8H14N3O. The molecule has 1 fully saturated rings. The molecule has 1 heterocycles. The van der Waals surface area contributed by atoms with Crippen LogP contribution in [-0.2, 0) is 0 Å². The van der Waals surface area contributed by atoms with Gasteiger partial charge in [-0.05, 0) is 12.8 Å². The van der Waals surface area contributed by atoms with Crippen LogP contribution in [0.5, 0.6) is 0 Å². The van der Waals surface area contributed by atoms with Gasteiger partial charge in [0, 0.05) is 32.1 Å². The zero-order chi connectivity index (χ0) is 8.97. The second-order valence-electron chi connectivity index (χ2n) is 3.04. The van der Waals surface area contributed by atoms with Crippen LogP contribution >= 0.6 is 0 Å². The molecule has 4 nitrogen and oxygen atoms in total. The quantitative estimate of drug-likeness (QED) is 0.265. The fourth-order valence-electron chi connectivity index (χ4n) is 1.41. The van der Waals surface area contributed by atoms with Crippen molar-refractivity contribution in [2.24, 2.45) is 11.1 Å². The highest BCUT2D eigenvalue weighted by Gasteiger charge is 2.17. The Labute approximate surface area is 72.4 Å². The molecule has 0 unspecified atom stereocenters. The third kappa shape index (κ3) is 2.22. The predicted molar refractivity (Wildman–Crippen MR) is 47.7 cm³/mol. The first-order chi connectivity index (χ1) is 5.74. The van der Waals surface area contributed by atoms with Gasteiger partial charge in [0.1, 0.15) is 0 Å². The first-order valence-corrected chi connectivity index (χ1v) is 4.07. The zero-order valence-electron chi connectivity index (χ0n) is 7.03. The highest BCUT2D eigenvalue weighted by Crippen LogP contribution is 2.14. The normalized spacial score (nSPS) is 20.2. The fraction of sp³-hybridized carbons (Fsp3) is 0.625. The van der Waals surface area contributed by atoms with E-state index in [0.29, 0.717) is 11.8 Å². The van der Waals surface area contributed by atoms with Crippen molar-refractivity contribution in [1.29, 1.82) is 5.41 Å². The van der Waals surface area contributed by atoms with Gasteiger partial charge in [0.05, 0.1) is 5.84 Å². The molecule has 4 heteroatoms. The molecule has 0 amide bonds. The van der Waals surface area contributed by atoms with Gasteiger partial charge in [-0.2, -0.15) is 0 Å². The smallest absolute Gasteiger partial charge is 0.0962 e. The molecule has 1 rings (SSSR count). The summed E-state index contributed by atoms with van der Waals surface area (Å²) in [7, 11) is 0. The molecule has 1 aliphatic rings. The Morgan fingerprint density at radius 3 is 2.58 bits per heavy atom. The van der Waals surface area contributed by atoms with E-state index in [1.807, 2.05) is 4.90 Å². The fourth-order valence-corrected chi connectivity index (χ4v) is 1.41. The summed E-state index contributed by atoms with van der Waals surface area (Å²) in [5.74, 6) is 0.750. The van der Waals surface area contributed by atoms with Gasteiger partial charge >= 0.3 is 0 Å². The van der Waals surface area contributed by atoms with Crippen LogP contribution in [0.15, 0.2) is 5.16 Å². The molecule has 0 aromatic carbocycles. The molecule has 0 aromatic rings. The molecule has 0 bridgehead atoms. The number of oxime groups is 1. The van der Waals surface area contributed by atoms with E-state index < -0.39 is 0 Å². The van der Waals surface area contributed by atoms with Crippen LogP contribution in [0, 0.1) is 18.3 Å². The predicted octanol–water partition coefficient (Wildman–Crippen LogP) is 0.970. The number of piperidine rings is 1. The molecule has 2 N–H and O–H groups in total. The van der Waals surface area contributed by atoms with Crippen LogP contribution in [-0.4, -0.2) is 35.2 Å². The molecule has 0 atom stereocenters. The van der Waals surface area contributed by atoms with Crippen LogP contribution < -0.4 is 0 Å². The average molecular weight is 168 g/mol. The molecule has 1 radical (unpaired) electrons. The minimum absolute atomic E-state index is 0.366. The topological polar surface area (TPSA) is 59.7 Å². The largest absolute Gasteiger partial charge is 0.411 e. The number of hydrogen-bond donors (Lipinski definition) is 2. The van der Waals surface area contributed by atoms with Gasteiger partial charge in [0.2, 0.25) is 0 Å². The van der Waals surface area contributed by atoms with Crippen LogP contribution in [0.2, 0.25) is 0 Å². The first kappa shape index (κ1) is 9.03. The minimum atomic E-state index is 0.366. The van der Waals surface area contributed by atoms with E-state index in [0.717, 1.165) is 25.9 Å². The lowest BCUT2D eigenvalue weighted by Crippen LogP contribution is -2.37. The Morgan fingerprint density at radius 2 is 2.17 bits per heavy atom. The summed E-state index contributed by atoms with van der Waals surface area (Å²) in [4.78, 5) is 1.93. The Morgan fingerprint density at radius 1 is 1.58 bits per heavy atom. The van der Waals surface area contributed by atoms with Gasteiger partial charge in [-0.3, -0.25) is 5.41 Å². The summed E-state index contributed by atoms with van der Waals surface area (Å²) in [6, 6.07) is 0. The van der Waals surface area contributed by atoms with E-state index in [1.54, 1.807) is 6.21 Å². The summed E-state index contributed by atoms with van der Waals surface area (Å²) in [5.41, 5.74) is 0. The van der Waals surface area contributed by atoms with Crippen LogP contribution in [0.25, 0.3) is 0 Å². The maximum absolute atomic E-state index is 8.29. The maximum atomic E-state index is 8.29.